The van der Waals surface area contributed by atoms with Gasteiger partial charge < -0.3 is 14.8 Å². The second kappa shape index (κ2) is 7.71. The first-order valence-corrected chi connectivity index (χ1v) is 8.23. The van der Waals surface area contributed by atoms with Crippen molar-refractivity contribution >= 4 is 16.7 Å². The monoisotopic (exact) mass is 335 g/mol. The van der Waals surface area contributed by atoms with Gasteiger partial charge in [0.1, 0.15) is 0 Å². The highest BCUT2D eigenvalue weighted by atomic mass is 16.5. The van der Waals surface area contributed by atoms with Crippen LogP contribution in [0.15, 0.2) is 66.7 Å². The van der Waals surface area contributed by atoms with Crippen LogP contribution in [0.3, 0.4) is 0 Å². The van der Waals surface area contributed by atoms with Crippen LogP contribution in [-0.4, -0.2) is 19.1 Å². The van der Waals surface area contributed by atoms with Gasteiger partial charge in [0.25, 0.3) is 5.91 Å². The number of benzene rings is 3. The highest BCUT2D eigenvalue weighted by Gasteiger charge is 2.16. The van der Waals surface area contributed by atoms with Gasteiger partial charge >= 0.3 is 0 Å². The summed E-state index contributed by atoms with van der Waals surface area (Å²) in [5, 5.41) is 5.25. The van der Waals surface area contributed by atoms with Gasteiger partial charge in [0.05, 0.1) is 7.11 Å². The first-order chi connectivity index (χ1) is 12.2. The number of rotatable bonds is 6. The van der Waals surface area contributed by atoms with Gasteiger partial charge in [0.2, 0.25) is 0 Å². The quantitative estimate of drug-likeness (QED) is 0.742. The van der Waals surface area contributed by atoms with E-state index in [4.69, 9.17) is 9.47 Å². The zero-order valence-corrected chi connectivity index (χ0v) is 14.4. The molecule has 1 amide bonds. The molecule has 128 valence electrons. The predicted molar refractivity (Wildman–Crippen MR) is 98.9 cm³/mol. The maximum atomic E-state index is 12.4. The molecular weight excluding hydrogens is 314 g/mol. The van der Waals surface area contributed by atoms with E-state index < -0.39 is 6.10 Å². The molecule has 1 N–H and O–H groups in total. The van der Waals surface area contributed by atoms with E-state index in [0.717, 1.165) is 16.3 Å². The molecule has 3 aromatic carbocycles. The molecule has 0 fully saturated rings. The third-order valence-corrected chi connectivity index (χ3v) is 4.08. The average molecular weight is 335 g/mol. The summed E-state index contributed by atoms with van der Waals surface area (Å²) in [6, 6.07) is 21.5. The minimum absolute atomic E-state index is 0.168. The molecule has 0 saturated carbocycles. The topological polar surface area (TPSA) is 47.6 Å². The average Bonchev–Trinajstić information content (AvgIpc) is 2.66. The number of para-hydroxylation sites is 2. The Morgan fingerprint density at radius 2 is 1.64 bits per heavy atom. The van der Waals surface area contributed by atoms with Gasteiger partial charge in [-0.2, -0.15) is 0 Å². The molecule has 4 nitrogen and oxygen atoms in total. The van der Waals surface area contributed by atoms with E-state index in [1.165, 1.54) is 0 Å². The standard InChI is InChI=1S/C21H21NO3/c1-15(25-20-13-6-5-12-19(20)24-2)21(23)22-14-17-10-7-9-16-8-3-4-11-18(16)17/h3-13,15H,14H2,1-2H3,(H,22,23)/t15-/m1/s1. The van der Waals surface area contributed by atoms with Gasteiger partial charge in [-0.1, -0.05) is 54.6 Å². The molecule has 25 heavy (non-hydrogen) atoms. The molecule has 0 aliphatic rings. The normalized spacial score (nSPS) is 11.8. The number of methoxy groups -OCH3 is 1. The smallest absolute Gasteiger partial charge is 0.261 e. The number of carbonyl (C=O) groups excluding carboxylic acids is 1. The van der Waals surface area contributed by atoms with Crippen molar-refractivity contribution < 1.29 is 14.3 Å². The van der Waals surface area contributed by atoms with Gasteiger partial charge in [0, 0.05) is 6.54 Å². The van der Waals surface area contributed by atoms with Crippen LogP contribution in [0.25, 0.3) is 10.8 Å². The minimum atomic E-state index is -0.619. The van der Waals surface area contributed by atoms with E-state index in [1.54, 1.807) is 26.2 Å². The SMILES string of the molecule is COc1ccccc1O[C@H](C)C(=O)NCc1cccc2ccccc12. The summed E-state index contributed by atoms with van der Waals surface area (Å²) in [7, 11) is 1.58. The molecule has 0 heterocycles. The maximum absolute atomic E-state index is 12.4. The number of amides is 1. The fourth-order valence-corrected chi connectivity index (χ4v) is 2.73. The Balaban J connectivity index is 1.65. The Kier molecular flexibility index (Phi) is 5.19. The van der Waals surface area contributed by atoms with Crippen LogP contribution >= 0.6 is 0 Å². The molecule has 0 aliphatic heterocycles. The number of fused-ring (bicyclic) bond motifs is 1. The van der Waals surface area contributed by atoms with Crippen molar-refractivity contribution in [3.8, 4) is 11.5 Å². The van der Waals surface area contributed by atoms with Gasteiger partial charge in [-0.3, -0.25) is 4.79 Å². The Labute approximate surface area is 147 Å². The van der Waals surface area contributed by atoms with Crippen LogP contribution in [0.5, 0.6) is 11.5 Å². The lowest BCUT2D eigenvalue weighted by atomic mass is 10.0. The van der Waals surface area contributed by atoms with Crippen molar-refractivity contribution in [2.24, 2.45) is 0 Å². The zero-order valence-electron chi connectivity index (χ0n) is 14.4. The summed E-state index contributed by atoms with van der Waals surface area (Å²) < 4.78 is 11.0. The molecule has 1 atom stereocenters. The molecular formula is C21H21NO3. The van der Waals surface area contributed by atoms with Gasteiger partial charge in [-0.25, -0.2) is 0 Å². The Bertz CT molecular complexity index is 870. The second-order valence-electron chi connectivity index (χ2n) is 5.77. The molecule has 0 radical (unpaired) electrons. The number of carbonyl (C=O) groups is 1. The Morgan fingerprint density at radius 1 is 0.960 bits per heavy atom. The van der Waals surface area contributed by atoms with Gasteiger partial charge in [-0.15, -0.1) is 0 Å². The third-order valence-electron chi connectivity index (χ3n) is 4.08. The molecule has 0 unspecified atom stereocenters. The van der Waals surface area contributed by atoms with Crippen LogP contribution in [0.2, 0.25) is 0 Å². The van der Waals surface area contributed by atoms with Gasteiger partial charge in [-0.05, 0) is 35.4 Å². The first kappa shape index (κ1) is 16.8. The van der Waals surface area contributed by atoms with E-state index in [-0.39, 0.29) is 5.91 Å². The van der Waals surface area contributed by atoms with Crippen molar-refractivity contribution in [2.75, 3.05) is 7.11 Å². The summed E-state index contributed by atoms with van der Waals surface area (Å²) in [4.78, 5) is 12.4. The lowest BCUT2D eigenvalue weighted by Gasteiger charge is -2.17. The van der Waals surface area contributed by atoms with Crippen LogP contribution < -0.4 is 14.8 Å². The van der Waals surface area contributed by atoms with E-state index in [1.807, 2.05) is 36.4 Å². The summed E-state index contributed by atoms with van der Waals surface area (Å²) in [6.07, 6.45) is -0.619. The van der Waals surface area contributed by atoms with Crippen molar-refractivity contribution in [1.82, 2.24) is 5.32 Å². The molecule has 0 spiro atoms. The lowest BCUT2D eigenvalue weighted by molar-refractivity contribution is -0.127. The number of ether oxygens (including phenoxy) is 2. The highest BCUT2D eigenvalue weighted by Crippen LogP contribution is 2.26. The number of nitrogens with one attached hydrogen (secondary N) is 1. The summed E-state index contributed by atoms with van der Waals surface area (Å²) in [5.41, 5.74) is 1.08. The van der Waals surface area contributed by atoms with Crippen molar-refractivity contribution in [3.63, 3.8) is 0 Å². The maximum Gasteiger partial charge on any atom is 0.261 e. The fourth-order valence-electron chi connectivity index (χ4n) is 2.73. The molecule has 3 rings (SSSR count). The van der Waals surface area contributed by atoms with Crippen LogP contribution in [0.1, 0.15) is 12.5 Å². The van der Waals surface area contributed by atoms with Crippen molar-refractivity contribution in [2.45, 2.75) is 19.6 Å². The molecule has 0 saturated heterocycles. The van der Waals surface area contributed by atoms with Crippen LogP contribution in [-0.2, 0) is 11.3 Å². The zero-order chi connectivity index (χ0) is 17.6. The lowest BCUT2D eigenvalue weighted by Crippen LogP contribution is -2.36. The van der Waals surface area contributed by atoms with E-state index >= 15 is 0 Å². The summed E-state index contributed by atoms with van der Waals surface area (Å²) in [5.74, 6) is 0.993. The predicted octanol–water partition coefficient (Wildman–Crippen LogP) is 3.93. The third kappa shape index (κ3) is 3.91. The number of hydrogen-bond donors (Lipinski definition) is 1. The summed E-state index contributed by atoms with van der Waals surface area (Å²) in [6.45, 7) is 2.19. The summed E-state index contributed by atoms with van der Waals surface area (Å²) >= 11 is 0. The van der Waals surface area contributed by atoms with Crippen LogP contribution in [0.4, 0.5) is 0 Å². The van der Waals surface area contributed by atoms with Crippen LogP contribution in [0, 0.1) is 0 Å². The minimum Gasteiger partial charge on any atom is -0.493 e. The number of hydrogen-bond acceptors (Lipinski definition) is 3. The highest BCUT2D eigenvalue weighted by molar-refractivity contribution is 5.86. The van der Waals surface area contributed by atoms with E-state index in [0.29, 0.717) is 18.0 Å². The first-order valence-electron chi connectivity index (χ1n) is 8.23. The van der Waals surface area contributed by atoms with Crippen molar-refractivity contribution in [3.05, 3.63) is 72.3 Å². The molecule has 0 aliphatic carbocycles. The molecule has 0 aromatic heterocycles. The van der Waals surface area contributed by atoms with E-state index in [9.17, 15) is 4.79 Å². The molecule has 0 bridgehead atoms. The Morgan fingerprint density at radius 3 is 2.44 bits per heavy atom. The van der Waals surface area contributed by atoms with Crippen molar-refractivity contribution in [1.29, 1.82) is 0 Å². The largest absolute Gasteiger partial charge is 0.493 e. The fraction of sp³-hybridized carbons (Fsp3) is 0.190. The molecule has 4 heteroatoms. The Hall–Kier alpha value is -3.01. The van der Waals surface area contributed by atoms with E-state index in [2.05, 4.69) is 23.5 Å². The molecule has 3 aromatic rings. The van der Waals surface area contributed by atoms with Gasteiger partial charge in [0.15, 0.2) is 17.6 Å². The second-order valence-corrected chi connectivity index (χ2v) is 5.77.